The van der Waals surface area contributed by atoms with Crippen LogP contribution in [-0.2, 0) is 10.9 Å². The Morgan fingerprint density at radius 3 is 2.56 bits per heavy atom. The van der Waals surface area contributed by atoms with E-state index in [4.69, 9.17) is 4.74 Å². The van der Waals surface area contributed by atoms with E-state index < -0.39 is 35.7 Å². The van der Waals surface area contributed by atoms with Crippen molar-refractivity contribution >= 4 is 11.7 Å². The lowest BCUT2D eigenvalue weighted by atomic mass is 10.0. The Morgan fingerprint density at radius 2 is 1.91 bits per heavy atom. The van der Waals surface area contributed by atoms with Gasteiger partial charge in [-0.05, 0) is 32.0 Å². The number of aromatic nitrogens is 5. The fraction of sp³-hybridized carbons (Fsp3) is 0.381. The van der Waals surface area contributed by atoms with Gasteiger partial charge in [0.05, 0.1) is 54.3 Å². The molecule has 0 radical (unpaired) electrons. The Kier molecular flexibility index (Phi) is 6.46. The minimum atomic E-state index is -4.59. The van der Waals surface area contributed by atoms with Gasteiger partial charge in [0.15, 0.2) is 5.69 Å². The van der Waals surface area contributed by atoms with Crippen molar-refractivity contribution in [1.82, 2.24) is 29.9 Å². The minimum absolute atomic E-state index is 0.0665. The van der Waals surface area contributed by atoms with Crippen molar-refractivity contribution in [3.05, 3.63) is 60.1 Å². The Bertz CT molecular complexity index is 1140. The Labute approximate surface area is 191 Å². The predicted molar refractivity (Wildman–Crippen MR) is 112 cm³/mol. The van der Waals surface area contributed by atoms with Gasteiger partial charge in [0.2, 0.25) is 0 Å². The molecule has 3 aromatic rings. The van der Waals surface area contributed by atoms with Crippen LogP contribution in [0, 0.1) is 5.82 Å². The van der Waals surface area contributed by atoms with E-state index in [1.807, 2.05) is 6.92 Å². The molecule has 180 valence electrons. The van der Waals surface area contributed by atoms with Crippen LogP contribution < -0.4 is 5.32 Å². The van der Waals surface area contributed by atoms with Crippen LogP contribution in [0.1, 0.15) is 29.9 Å². The lowest BCUT2D eigenvalue weighted by molar-refractivity contribution is -0.141. The zero-order chi connectivity index (χ0) is 24.5. The van der Waals surface area contributed by atoms with E-state index in [0.717, 1.165) is 12.3 Å². The summed E-state index contributed by atoms with van der Waals surface area (Å²) in [4.78, 5) is 23.5. The van der Waals surface area contributed by atoms with Gasteiger partial charge in [-0.2, -0.15) is 28.2 Å². The molecule has 2 aromatic heterocycles. The molecular formula is C21H21F4N7O2. The number of ether oxygens (including phenoxy) is 1. The number of morpholine rings is 1. The first-order valence-corrected chi connectivity index (χ1v) is 10.4. The topological polar surface area (TPSA) is 98.1 Å². The monoisotopic (exact) mass is 479 g/mol. The molecule has 0 bridgehead atoms. The maximum absolute atomic E-state index is 14.1. The predicted octanol–water partition coefficient (Wildman–Crippen LogP) is 2.95. The molecule has 1 aliphatic rings. The molecule has 0 saturated carbocycles. The third-order valence-corrected chi connectivity index (χ3v) is 5.36. The normalized spacial score (nSPS) is 20.9. The van der Waals surface area contributed by atoms with E-state index in [-0.39, 0.29) is 30.6 Å². The lowest BCUT2D eigenvalue weighted by Crippen LogP contribution is -2.58. The molecule has 1 amide bonds. The molecule has 3 atom stereocenters. The lowest BCUT2D eigenvalue weighted by Gasteiger charge is -2.43. The van der Waals surface area contributed by atoms with Crippen molar-refractivity contribution in [2.75, 3.05) is 18.4 Å². The van der Waals surface area contributed by atoms with Crippen molar-refractivity contribution in [3.63, 3.8) is 0 Å². The van der Waals surface area contributed by atoms with Crippen molar-refractivity contribution in [3.8, 4) is 5.69 Å². The molecule has 1 aliphatic heterocycles. The van der Waals surface area contributed by atoms with E-state index in [1.54, 1.807) is 11.8 Å². The van der Waals surface area contributed by atoms with Crippen molar-refractivity contribution in [2.45, 2.75) is 38.3 Å². The zero-order valence-corrected chi connectivity index (χ0v) is 18.2. The van der Waals surface area contributed by atoms with Gasteiger partial charge in [-0.3, -0.25) is 4.79 Å². The molecule has 1 fully saturated rings. The van der Waals surface area contributed by atoms with Gasteiger partial charge in [0.25, 0.3) is 5.91 Å². The van der Waals surface area contributed by atoms with Crippen LogP contribution in [0.4, 0.5) is 23.4 Å². The van der Waals surface area contributed by atoms with E-state index >= 15 is 0 Å². The first kappa shape index (κ1) is 23.5. The van der Waals surface area contributed by atoms with Gasteiger partial charge < -0.3 is 15.0 Å². The highest BCUT2D eigenvalue weighted by atomic mass is 19.4. The van der Waals surface area contributed by atoms with Gasteiger partial charge >= 0.3 is 6.18 Å². The Balaban J connectivity index is 1.58. The molecule has 4 rings (SSSR count). The second-order valence-corrected chi connectivity index (χ2v) is 7.82. The maximum atomic E-state index is 14.1. The molecule has 1 aromatic carbocycles. The second-order valence-electron chi connectivity index (χ2n) is 7.82. The van der Waals surface area contributed by atoms with E-state index in [1.165, 1.54) is 29.3 Å². The number of carbonyl (C=O) groups is 1. The SMILES string of the molecule is C[C@@H]1CN(C(=O)c2cc(F)ccc2-n2nccn2)[C@H](CNc2cnc(C(F)(F)F)cn2)[C@H](C)O1. The summed E-state index contributed by atoms with van der Waals surface area (Å²) in [7, 11) is 0. The van der Waals surface area contributed by atoms with Gasteiger partial charge in [0, 0.05) is 13.1 Å². The highest BCUT2D eigenvalue weighted by molar-refractivity contribution is 5.98. The first-order valence-electron chi connectivity index (χ1n) is 10.4. The summed E-state index contributed by atoms with van der Waals surface area (Å²) < 4.78 is 58.2. The van der Waals surface area contributed by atoms with Crippen molar-refractivity contribution in [2.24, 2.45) is 0 Å². The molecule has 0 spiro atoms. The zero-order valence-electron chi connectivity index (χ0n) is 18.2. The third kappa shape index (κ3) is 4.98. The summed E-state index contributed by atoms with van der Waals surface area (Å²) in [5, 5.41) is 11.0. The highest BCUT2D eigenvalue weighted by Crippen LogP contribution is 2.27. The van der Waals surface area contributed by atoms with Crippen LogP contribution in [0.5, 0.6) is 0 Å². The van der Waals surface area contributed by atoms with E-state index in [2.05, 4.69) is 25.5 Å². The van der Waals surface area contributed by atoms with E-state index in [0.29, 0.717) is 11.9 Å². The number of anilines is 1. The average Bonchev–Trinajstić information content (AvgIpc) is 3.32. The number of benzene rings is 1. The summed E-state index contributed by atoms with van der Waals surface area (Å²) in [6, 6.07) is 3.22. The number of amides is 1. The van der Waals surface area contributed by atoms with Crippen LogP contribution in [0.25, 0.3) is 5.69 Å². The molecule has 0 unspecified atom stereocenters. The summed E-state index contributed by atoms with van der Waals surface area (Å²) in [6.07, 6.45) is -0.835. The van der Waals surface area contributed by atoms with Gasteiger partial charge in [-0.25, -0.2) is 14.4 Å². The van der Waals surface area contributed by atoms with Gasteiger partial charge in [-0.1, -0.05) is 0 Å². The number of halogens is 4. The van der Waals surface area contributed by atoms with Crippen LogP contribution in [0.2, 0.25) is 0 Å². The number of nitrogens with one attached hydrogen (secondary N) is 1. The number of hydrogen-bond acceptors (Lipinski definition) is 7. The molecule has 1 N–H and O–H groups in total. The molecular weight excluding hydrogens is 458 g/mol. The molecule has 0 aliphatic carbocycles. The fourth-order valence-corrected chi connectivity index (χ4v) is 3.80. The van der Waals surface area contributed by atoms with Crippen molar-refractivity contribution < 1.29 is 27.1 Å². The summed E-state index contributed by atoms with van der Waals surface area (Å²) in [5.74, 6) is -0.944. The highest BCUT2D eigenvalue weighted by Gasteiger charge is 2.37. The molecule has 1 saturated heterocycles. The van der Waals surface area contributed by atoms with Crippen LogP contribution >= 0.6 is 0 Å². The smallest absolute Gasteiger partial charge is 0.372 e. The summed E-state index contributed by atoms with van der Waals surface area (Å²) in [5.41, 5.74) is -0.732. The van der Waals surface area contributed by atoms with Crippen LogP contribution in [0.3, 0.4) is 0 Å². The number of alkyl halides is 3. The number of carbonyl (C=O) groups excluding carboxylic acids is 1. The fourth-order valence-electron chi connectivity index (χ4n) is 3.80. The molecule has 3 heterocycles. The van der Waals surface area contributed by atoms with Crippen LogP contribution in [-0.4, -0.2) is 67.1 Å². The standard InChI is InChI=1S/C21H21F4N7O2/c1-12-11-31(20(33)15-7-14(22)3-4-16(15)32-29-5-6-30-32)17(13(2)34-12)8-27-19-10-26-18(9-28-19)21(23,24)25/h3-7,9-10,12-13,17H,8,11H2,1-2H3,(H,27,28)/t12-,13+,17-/m1/s1. The number of rotatable bonds is 5. The Hall–Kier alpha value is -3.61. The number of nitrogens with zero attached hydrogens (tertiary/aromatic N) is 6. The van der Waals surface area contributed by atoms with Gasteiger partial charge in [-0.15, -0.1) is 0 Å². The quantitative estimate of drug-likeness (QED) is 0.562. The largest absolute Gasteiger partial charge is 0.434 e. The maximum Gasteiger partial charge on any atom is 0.434 e. The van der Waals surface area contributed by atoms with Crippen LogP contribution in [0.15, 0.2) is 43.0 Å². The molecule has 13 heteroatoms. The first-order chi connectivity index (χ1) is 16.1. The molecule has 34 heavy (non-hydrogen) atoms. The minimum Gasteiger partial charge on any atom is -0.372 e. The number of hydrogen-bond donors (Lipinski definition) is 1. The second kappa shape index (κ2) is 9.33. The van der Waals surface area contributed by atoms with Crippen molar-refractivity contribution in [1.29, 1.82) is 0 Å². The van der Waals surface area contributed by atoms with Gasteiger partial charge in [0.1, 0.15) is 11.6 Å². The van der Waals surface area contributed by atoms with E-state index in [9.17, 15) is 22.4 Å². The Morgan fingerprint density at radius 1 is 1.18 bits per heavy atom. The third-order valence-electron chi connectivity index (χ3n) is 5.36. The summed E-state index contributed by atoms with van der Waals surface area (Å²) >= 11 is 0. The summed E-state index contributed by atoms with van der Waals surface area (Å²) in [6.45, 7) is 3.92. The molecule has 9 nitrogen and oxygen atoms in total. The average molecular weight is 479 g/mol.